The van der Waals surface area contributed by atoms with Crippen LogP contribution >= 0.6 is 0 Å². The van der Waals surface area contributed by atoms with Gasteiger partial charge in [-0.25, -0.2) is 10.2 Å². The number of nitrogens with zero attached hydrogens (tertiary/aromatic N) is 3. The highest BCUT2D eigenvalue weighted by atomic mass is 16.2. The van der Waals surface area contributed by atoms with Gasteiger partial charge in [0.15, 0.2) is 0 Å². The second kappa shape index (κ2) is 13.8. The molecule has 5 N–H and O–H groups in total. The molecule has 3 atom stereocenters. The highest BCUT2D eigenvalue weighted by Crippen LogP contribution is 2.36. The number of hydrogen-bond acceptors (Lipinski definition) is 7. The molecule has 2 aromatic rings. The maximum Gasteiger partial charge on any atom is 0.318 e. The number of likely N-dealkylation sites (N-methyl/N-ethyl adjacent to an activating group) is 1. The molecule has 0 bridgehead atoms. The SMILES string of the molecule is C=CC(=O)Nc1ccc(C(=O)N2CCCC(C(=O)NC3NNC4=C3CN(C(=O)N[C@H](CN(C)C)c3ccccc3)C4(C)C)C2)cc1. The number of rotatable bonds is 9. The van der Waals surface area contributed by atoms with Crippen LogP contribution in [0.15, 0.2) is 78.5 Å². The van der Waals surface area contributed by atoms with Gasteiger partial charge >= 0.3 is 6.03 Å². The molecule has 2 aromatic carbocycles. The van der Waals surface area contributed by atoms with Gasteiger partial charge in [-0.3, -0.25) is 14.4 Å². The molecule has 1 fully saturated rings. The monoisotopic (exact) mass is 628 g/mol. The molecule has 3 aliphatic heterocycles. The Morgan fingerprint density at radius 3 is 2.48 bits per heavy atom. The number of hydrogen-bond donors (Lipinski definition) is 5. The fourth-order valence-corrected chi connectivity index (χ4v) is 6.34. The van der Waals surface area contributed by atoms with Crippen molar-refractivity contribution in [3.8, 4) is 0 Å². The predicted octanol–water partition coefficient (Wildman–Crippen LogP) is 2.57. The van der Waals surface area contributed by atoms with Gasteiger partial charge in [0.05, 0.1) is 23.2 Å². The lowest BCUT2D eigenvalue weighted by atomic mass is 9.96. The second-order valence-corrected chi connectivity index (χ2v) is 12.8. The number of urea groups is 1. The molecule has 1 saturated heterocycles. The van der Waals surface area contributed by atoms with E-state index in [1.54, 1.807) is 34.1 Å². The van der Waals surface area contributed by atoms with Crippen molar-refractivity contribution in [2.45, 2.75) is 44.4 Å². The zero-order valence-corrected chi connectivity index (χ0v) is 26.9. The highest BCUT2D eigenvalue weighted by molar-refractivity contribution is 6.00. The number of piperidine rings is 1. The van der Waals surface area contributed by atoms with Gasteiger partial charge in [-0.05, 0) is 76.7 Å². The van der Waals surface area contributed by atoms with Gasteiger partial charge in [0.25, 0.3) is 5.91 Å². The van der Waals surface area contributed by atoms with Crippen LogP contribution in [0.1, 0.15) is 48.7 Å². The van der Waals surface area contributed by atoms with Gasteiger partial charge < -0.3 is 36.1 Å². The van der Waals surface area contributed by atoms with Gasteiger partial charge in [0, 0.05) is 43.0 Å². The van der Waals surface area contributed by atoms with Crippen molar-refractivity contribution in [2.75, 3.05) is 45.6 Å². The molecule has 2 unspecified atom stereocenters. The Balaban J connectivity index is 1.20. The number of carbonyl (C=O) groups is 4. The topological polar surface area (TPSA) is 138 Å². The predicted molar refractivity (Wildman–Crippen MR) is 176 cm³/mol. The van der Waals surface area contributed by atoms with Gasteiger partial charge in [-0.1, -0.05) is 36.9 Å². The lowest BCUT2D eigenvalue weighted by Crippen LogP contribution is -2.57. The van der Waals surface area contributed by atoms with E-state index in [1.807, 2.05) is 63.2 Å². The molecule has 12 nitrogen and oxygen atoms in total. The van der Waals surface area contributed by atoms with E-state index in [0.717, 1.165) is 16.8 Å². The summed E-state index contributed by atoms with van der Waals surface area (Å²) in [5, 5.41) is 9.01. The van der Waals surface area contributed by atoms with Crippen LogP contribution in [-0.4, -0.2) is 90.4 Å². The first-order valence-electron chi connectivity index (χ1n) is 15.6. The van der Waals surface area contributed by atoms with E-state index in [1.165, 1.54) is 6.08 Å². The van der Waals surface area contributed by atoms with E-state index in [4.69, 9.17) is 0 Å². The molecular formula is C34H44N8O4. The lowest BCUT2D eigenvalue weighted by molar-refractivity contribution is -0.127. The van der Waals surface area contributed by atoms with Crippen molar-refractivity contribution in [1.82, 2.24) is 36.2 Å². The summed E-state index contributed by atoms with van der Waals surface area (Å²) >= 11 is 0. The Morgan fingerprint density at radius 1 is 1.09 bits per heavy atom. The van der Waals surface area contributed by atoms with Gasteiger partial charge in [0.2, 0.25) is 11.8 Å². The minimum Gasteiger partial charge on any atom is -0.338 e. The van der Waals surface area contributed by atoms with E-state index >= 15 is 0 Å². The van der Waals surface area contributed by atoms with E-state index in [2.05, 4.69) is 33.4 Å². The van der Waals surface area contributed by atoms with Crippen molar-refractivity contribution < 1.29 is 19.2 Å². The minimum absolute atomic E-state index is 0.149. The number of carbonyl (C=O) groups excluding carboxylic acids is 4. The summed E-state index contributed by atoms with van der Waals surface area (Å²) in [6.07, 6.45) is 2.07. The molecule has 0 radical (unpaired) electrons. The van der Waals surface area contributed by atoms with Crippen LogP contribution in [-0.2, 0) is 9.59 Å². The molecule has 0 saturated carbocycles. The third-order valence-electron chi connectivity index (χ3n) is 8.87. The number of nitrogens with one attached hydrogen (secondary N) is 5. The van der Waals surface area contributed by atoms with Gasteiger partial charge in [-0.2, -0.15) is 0 Å². The third-order valence-corrected chi connectivity index (χ3v) is 8.87. The van der Waals surface area contributed by atoms with Crippen molar-refractivity contribution in [2.24, 2.45) is 5.92 Å². The molecule has 244 valence electrons. The summed E-state index contributed by atoms with van der Waals surface area (Å²) in [4.78, 5) is 57.6. The van der Waals surface area contributed by atoms with E-state index in [-0.39, 0.29) is 35.7 Å². The van der Waals surface area contributed by atoms with Crippen molar-refractivity contribution in [1.29, 1.82) is 0 Å². The average molecular weight is 629 g/mol. The zero-order valence-electron chi connectivity index (χ0n) is 26.9. The molecule has 46 heavy (non-hydrogen) atoms. The number of hydrazine groups is 1. The Hall–Kier alpha value is -4.68. The van der Waals surface area contributed by atoms with E-state index in [9.17, 15) is 19.2 Å². The first kappa shape index (κ1) is 32.7. The minimum atomic E-state index is -0.636. The summed E-state index contributed by atoms with van der Waals surface area (Å²) in [7, 11) is 3.96. The quantitative estimate of drug-likeness (QED) is 0.269. The summed E-state index contributed by atoms with van der Waals surface area (Å²) in [5.74, 6) is -1.01. The molecule has 0 aromatic heterocycles. The summed E-state index contributed by atoms with van der Waals surface area (Å²) in [5.41, 5.74) is 9.63. The maximum atomic E-state index is 13.7. The first-order valence-corrected chi connectivity index (χ1v) is 15.6. The number of likely N-dealkylation sites (tertiary alicyclic amines) is 1. The third kappa shape index (κ3) is 7.08. The Bertz CT molecular complexity index is 1500. The lowest BCUT2D eigenvalue weighted by Gasteiger charge is -2.37. The fraction of sp³-hybridized carbons (Fsp3) is 0.412. The average Bonchev–Trinajstić information content (AvgIpc) is 3.58. The van der Waals surface area contributed by atoms with Crippen molar-refractivity contribution >= 4 is 29.4 Å². The van der Waals surface area contributed by atoms with Crippen LogP contribution < -0.4 is 26.8 Å². The van der Waals surface area contributed by atoms with Crippen LogP contribution in [0.25, 0.3) is 0 Å². The first-order chi connectivity index (χ1) is 22.0. The van der Waals surface area contributed by atoms with Crippen LogP contribution in [0.2, 0.25) is 0 Å². The summed E-state index contributed by atoms with van der Waals surface area (Å²) in [6, 6.07) is 16.2. The number of benzene rings is 2. The molecule has 3 heterocycles. The summed E-state index contributed by atoms with van der Waals surface area (Å²) in [6.45, 7) is 9.28. The van der Waals surface area contributed by atoms with Crippen LogP contribution in [0.4, 0.5) is 10.5 Å². The van der Waals surface area contributed by atoms with Gasteiger partial charge in [0.1, 0.15) is 6.17 Å². The molecule has 12 heteroatoms. The largest absolute Gasteiger partial charge is 0.338 e. The normalized spacial score (nSPS) is 20.9. The molecule has 5 amide bonds. The van der Waals surface area contributed by atoms with Crippen molar-refractivity contribution in [3.63, 3.8) is 0 Å². The molecular weight excluding hydrogens is 584 g/mol. The van der Waals surface area contributed by atoms with E-state index < -0.39 is 11.7 Å². The number of amides is 5. The van der Waals surface area contributed by atoms with Crippen LogP contribution in [0.5, 0.6) is 0 Å². The van der Waals surface area contributed by atoms with Crippen LogP contribution in [0, 0.1) is 5.92 Å². The Labute approximate surface area is 270 Å². The second-order valence-electron chi connectivity index (χ2n) is 12.8. The van der Waals surface area contributed by atoms with Crippen molar-refractivity contribution in [3.05, 3.63) is 89.6 Å². The maximum absolute atomic E-state index is 13.7. The Morgan fingerprint density at radius 2 is 1.80 bits per heavy atom. The van der Waals surface area contributed by atoms with E-state index in [0.29, 0.717) is 50.3 Å². The van der Waals surface area contributed by atoms with Gasteiger partial charge in [-0.15, -0.1) is 0 Å². The summed E-state index contributed by atoms with van der Waals surface area (Å²) < 4.78 is 0. The molecule has 0 aliphatic carbocycles. The molecule has 5 rings (SSSR count). The van der Waals surface area contributed by atoms with Crippen LogP contribution in [0.3, 0.4) is 0 Å². The standard InChI is InChI=1S/C34H44N8O4/c1-6-28(43)35-25-16-14-23(15-17-25)32(45)41-18-10-13-24(19-41)31(44)37-30-26-20-42(34(2,3)29(26)38-39-30)33(46)36-27(21-40(4)5)22-11-8-7-9-12-22/h6-9,11-12,14-17,24,27,30,38-39H,1,10,13,18-21H2,2-5H3,(H,35,43)(H,36,46)(H,37,44)/t24?,27-,30?/m1/s1. The smallest absolute Gasteiger partial charge is 0.318 e. The number of anilines is 1. The molecule has 3 aliphatic rings. The highest BCUT2D eigenvalue weighted by Gasteiger charge is 2.48. The Kier molecular flexibility index (Phi) is 9.78. The fourth-order valence-electron chi connectivity index (χ4n) is 6.34. The zero-order chi connectivity index (χ0) is 33.0. The molecule has 0 spiro atoms.